The van der Waals surface area contributed by atoms with Crippen LogP contribution < -0.4 is 0 Å². The van der Waals surface area contributed by atoms with Gasteiger partial charge in [-0.3, -0.25) is 9.69 Å². The number of hydrogen-bond acceptors (Lipinski definition) is 3. The maximum Gasteiger partial charge on any atom is 0.270 e. The Morgan fingerprint density at radius 2 is 2.37 bits per heavy atom. The van der Waals surface area contributed by atoms with Crippen LogP contribution in [0.15, 0.2) is 12.3 Å². The lowest BCUT2D eigenvalue weighted by atomic mass is 10.1. The van der Waals surface area contributed by atoms with Crippen LogP contribution in [0.25, 0.3) is 0 Å². The van der Waals surface area contributed by atoms with Gasteiger partial charge in [-0.1, -0.05) is 0 Å². The lowest BCUT2D eigenvalue weighted by Crippen LogP contribution is -2.39. The highest BCUT2D eigenvalue weighted by Crippen LogP contribution is 2.19. The standard InChI is InChI=1S/C14H23N3O2/c1-10-5-6-15-13(10)14(18)17(3)8-11-7-12(19-4)9-16(11)2/h5-6,11-12,15H,7-9H2,1-4H3/t11-,12-/m0/s1. The molecule has 1 N–H and O–H groups in total. The zero-order valence-electron chi connectivity index (χ0n) is 12.1. The van der Waals surface area contributed by atoms with Crippen molar-refractivity contribution < 1.29 is 9.53 Å². The van der Waals surface area contributed by atoms with Gasteiger partial charge in [0.1, 0.15) is 5.69 Å². The molecule has 1 fully saturated rings. The minimum absolute atomic E-state index is 0.0526. The molecule has 106 valence electrons. The topological polar surface area (TPSA) is 48.6 Å². The summed E-state index contributed by atoms with van der Waals surface area (Å²) in [7, 11) is 5.69. The van der Waals surface area contributed by atoms with Gasteiger partial charge >= 0.3 is 0 Å². The van der Waals surface area contributed by atoms with Gasteiger partial charge in [-0.15, -0.1) is 0 Å². The minimum Gasteiger partial charge on any atom is -0.380 e. The Hall–Kier alpha value is -1.33. The number of H-pyrrole nitrogens is 1. The quantitative estimate of drug-likeness (QED) is 0.887. The highest BCUT2D eigenvalue weighted by atomic mass is 16.5. The van der Waals surface area contributed by atoms with Gasteiger partial charge in [-0.2, -0.15) is 0 Å². The van der Waals surface area contributed by atoms with Gasteiger partial charge in [0.15, 0.2) is 0 Å². The molecule has 1 aromatic heterocycles. The lowest BCUT2D eigenvalue weighted by Gasteiger charge is -2.25. The molecule has 0 spiro atoms. The third-order valence-electron chi connectivity index (χ3n) is 3.98. The number of nitrogens with zero attached hydrogens (tertiary/aromatic N) is 2. The van der Waals surface area contributed by atoms with Crippen molar-refractivity contribution in [3.8, 4) is 0 Å². The number of nitrogens with one attached hydrogen (secondary N) is 1. The van der Waals surface area contributed by atoms with E-state index in [1.54, 1.807) is 18.2 Å². The molecule has 0 radical (unpaired) electrons. The van der Waals surface area contributed by atoms with E-state index in [0.29, 0.717) is 11.7 Å². The maximum atomic E-state index is 12.3. The molecule has 19 heavy (non-hydrogen) atoms. The molecule has 2 rings (SSSR count). The number of amides is 1. The van der Waals surface area contributed by atoms with Gasteiger partial charge in [0.05, 0.1) is 6.10 Å². The van der Waals surface area contributed by atoms with Gasteiger partial charge in [0.25, 0.3) is 5.91 Å². The monoisotopic (exact) mass is 265 g/mol. The number of rotatable bonds is 4. The molecular formula is C14H23N3O2. The Balaban J connectivity index is 1.96. The lowest BCUT2D eigenvalue weighted by molar-refractivity contribution is 0.0754. The zero-order chi connectivity index (χ0) is 14.0. The predicted octanol–water partition coefficient (Wildman–Crippen LogP) is 1.11. The minimum atomic E-state index is 0.0526. The summed E-state index contributed by atoms with van der Waals surface area (Å²) in [5.74, 6) is 0.0526. The first-order valence-corrected chi connectivity index (χ1v) is 6.65. The van der Waals surface area contributed by atoms with Crippen molar-refractivity contribution in [2.45, 2.75) is 25.5 Å². The summed E-state index contributed by atoms with van der Waals surface area (Å²) in [4.78, 5) is 19.4. The van der Waals surface area contributed by atoms with Crippen molar-refractivity contribution in [2.24, 2.45) is 0 Å². The van der Waals surface area contributed by atoms with Crippen molar-refractivity contribution >= 4 is 5.91 Å². The molecule has 1 aromatic rings. The van der Waals surface area contributed by atoms with E-state index in [1.165, 1.54) is 0 Å². The first-order valence-electron chi connectivity index (χ1n) is 6.65. The van der Waals surface area contributed by atoms with E-state index in [-0.39, 0.29) is 12.0 Å². The molecule has 0 unspecified atom stereocenters. The molecule has 5 nitrogen and oxygen atoms in total. The van der Waals surface area contributed by atoms with Crippen molar-refractivity contribution in [2.75, 3.05) is 34.3 Å². The normalized spacial score (nSPS) is 23.8. The second-order valence-electron chi connectivity index (χ2n) is 5.41. The smallest absolute Gasteiger partial charge is 0.270 e. The van der Waals surface area contributed by atoms with E-state index >= 15 is 0 Å². The highest BCUT2D eigenvalue weighted by molar-refractivity contribution is 5.93. The highest BCUT2D eigenvalue weighted by Gasteiger charge is 2.31. The molecule has 1 saturated heterocycles. The number of methoxy groups -OCH3 is 1. The van der Waals surface area contributed by atoms with Crippen molar-refractivity contribution in [1.82, 2.24) is 14.8 Å². The van der Waals surface area contributed by atoms with E-state index in [9.17, 15) is 4.79 Å². The number of likely N-dealkylation sites (N-methyl/N-ethyl adjacent to an activating group) is 2. The fraction of sp³-hybridized carbons (Fsp3) is 0.643. The average molecular weight is 265 g/mol. The number of aromatic nitrogens is 1. The van der Waals surface area contributed by atoms with Gasteiger partial charge in [0, 0.05) is 39.5 Å². The summed E-state index contributed by atoms with van der Waals surface area (Å²) < 4.78 is 5.39. The molecule has 2 atom stereocenters. The third-order valence-corrected chi connectivity index (χ3v) is 3.98. The van der Waals surface area contributed by atoms with Crippen LogP contribution in [0.2, 0.25) is 0 Å². The zero-order valence-corrected chi connectivity index (χ0v) is 12.1. The number of ether oxygens (including phenoxy) is 1. The van der Waals surface area contributed by atoms with Crippen LogP contribution >= 0.6 is 0 Å². The van der Waals surface area contributed by atoms with E-state index in [2.05, 4.69) is 16.9 Å². The maximum absolute atomic E-state index is 12.3. The van der Waals surface area contributed by atoms with Crippen LogP contribution in [-0.2, 0) is 4.74 Å². The Morgan fingerprint density at radius 3 is 2.89 bits per heavy atom. The van der Waals surface area contributed by atoms with Crippen LogP contribution in [0, 0.1) is 6.92 Å². The number of carbonyl (C=O) groups excluding carboxylic acids is 1. The molecule has 0 aromatic carbocycles. The van der Waals surface area contributed by atoms with Crippen molar-refractivity contribution in [3.63, 3.8) is 0 Å². The average Bonchev–Trinajstić information content (AvgIpc) is 2.95. The molecular weight excluding hydrogens is 242 g/mol. The summed E-state index contributed by atoms with van der Waals surface area (Å²) in [6.07, 6.45) is 3.07. The van der Waals surface area contributed by atoms with E-state index in [4.69, 9.17) is 4.74 Å². The van der Waals surface area contributed by atoms with Crippen molar-refractivity contribution in [1.29, 1.82) is 0 Å². The largest absolute Gasteiger partial charge is 0.380 e. The molecule has 1 aliphatic heterocycles. The fourth-order valence-electron chi connectivity index (χ4n) is 2.68. The Morgan fingerprint density at radius 1 is 1.63 bits per heavy atom. The van der Waals surface area contributed by atoms with Crippen LogP contribution in [0.3, 0.4) is 0 Å². The van der Waals surface area contributed by atoms with E-state index in [0.717, 1.165) is 25.1 Å². The fourth-order valence-corrected chi connectivity index (χ4v) is 2.68. The SMILES string of the molecule is CO[C@H]1C[C@@H](CN(C)C(=O)c2[nH]ccc2C)N(C)C1. The van der Waals surface area contributed by atoms with Gasteiger partial charge in [-0.05, 0) is 32.0 Å². The summed E-state index contributed by atoms with van der Waals surface area (Å²) in [5.41, 5.74) is 1.68. The van der Waals surface area contributed by atoms with Gasteiger partial charge in [-0.25, -0.2) is 0 Å². The van der Waals surface area contributed by atoms with E-state index < -0.39 is 0 Å². The van der Waals surface area contributed by atoms with Gasteiger partial charge < -0.3 is 14.6 Å². The number of carbonyl (C=O) groups is 1. The van der Waals surface area contributed by atoms with Crippen LogP contribution in [0.1, 0.15) is 22.5 Å². The second kappa shape index (κ2) is 5.75. The van der Waals surface area contributed by atoms with Gasteiger partial charge in [0.2, 0.25) is 0 Å². The summed E-state index contributed by atoms with van der Waals surface area (Å²) in [6.45, 7) is 3.61. The molecule has 0 aliphatic carbocycles. The number of hydrogen-bond donors (Lipinski definition) is 1. The third kappa shape index (κ3) is 2.98. The van der Waals surface area contributed by atoms with Crippen LogP contribution in [0.4, 0.5) is 0 Å². The first kappa shape index (κ1) is 14.1. The molecule has 1 amide bonds. The molecule has 0 bridgehead atoms. The number of likely N-dealkylation sites (tertiary alicyclic amines) is 1. The molecule has 5 heteroatoms. The van der Waals surface area contributed by atoms with Crippen LogP contribution in [-0.4, -0.2) is 67.1 Å². The first-order chi connectivity index (χ1) is 9.02. The Labute approximate surface area is 114 Å². The number of aryl methyl sites for hydroxylation is 1. The summed E-state index contributed by atoms with van der Waals surface area (Å²) in [5, 5.41) is 0. The molecule has 0 saturated carbocycles. The summed E-state index contributed by atoms with van der Waals surface area (Å²) >= 11 is 0. The molecule has 1 aliphatic rings. The Kier molecular flexibility index (Phi) is 4.27. The predicted molar refractivity (Wildman–Crippen MR) is 74.3 cm³/mol. The second-order valence-corrected chi connectivity index (χ2v) is 5.41. The van der Waals surface area contributed by atoms with E-state index in [1.807, 2.05) is 20.0 Å². The summed E-state index contributed by atoms with van der Waals surface area (Å²) in [6, 6.07) is 2.29. The van der Waals surface area contributed by atoms with Crippen LogP contribution in [0.5, 0.6) is 0 Å². The van der Waals surface area contributed by atoms with Crippen molar-refractivity contribution in [3.05, 3.63) is 23.5 Å². The molecule has 2 heterocycles. The number of aromatic amines is 1. The Bertz CT molecular complexity index is 444.